The normalized spacial score (nSPS) is 11.4. The summed E-state index contributed by atoms with van der Waals surface area (Å²) in [6.07, 6.45) is 20.4. The third kappa shape index (κ3) is 10.2. The molecule has 0 spiro atoms. The van der Waals surface area contributed by atoms with Crippen molar-refractivity contribution in [2.24, 2.45) is 0 Å². The summed E-state index contributed by atoms with van der Waals surface area (Å²) in [5.74, 6) is 1.02. The Morgan fingerprint density at radius 1 is 0.545 bits per heavy atom. The highest BCUT2D eigenvalue weighted by Crippen LogP contribution is 2.34. The molecule has 0 aromatic heterocycles. The number of phenolic OH excluding ortho intramolecular Hbond substituents is 2. The van der Waals surface area contributed by atoms with Gasteiger partial charge in [-0.2, -0.15) is 0 Å². The quantitative estimate of drug-likeness (QED) is 0.234. The fourth-order valence-corrected chi connectivity index (χ4v) is 4.86. The fourth-order valence-electron chi connectivity index (χ4n) is 4.86. The lowest BCUT2D eigenvalue weighted by Gasteiger charge is -2.20. The van der Waals surface area contributed by atoms with Crippen LogP contribution < -0.4 is 0 Å². The summed E-state index contributed by atoms with van der Waals surface area (Å²) in [4.78, 5) is 0. The topological polar surface area (TPSA) is 40.5 Å². The summed E-state index contributed by atoms with van der Waals surface area (Å²) in [6, 6.07) is 12.0. The van der Waals surface area contributed by atoms with Crippen LogP contribution in [0.5, 0.6) is 11.5 Å². The second-order valence-electron chi connectivity index (χ2n) is 10.0. The second kappa shape index (κ2) is 15.8. The average molecular weight is 453 g/mol. The summed E-state index contributed by atoms with van der Waals surface area (Å²) in [5, 5.41) is 19.9. The Kier molecular flexibility index (Phi) is 13.1. The van der Waals surface area contributed by atoms with Crippen LogP contribution in [0, 0.1) is 13.8 Å². The standard InChI is InChI=1S/C31H48O2/c1-4-5-6-7-8-9-10-11-12-13-14-15-16-17-18-29(27-19-21-30(32)25(2)23-27)28-20-22-31(33)26(3)24-28/h19-24,29,32-33H,4-18H2,1-3H3. The van der Waals surface area contributed by atoms with E-state index in [0.717, 1.165) is 17.5 Å². The van der Waals surface area contributed by atoms with Crippen molar-refractivity contribution >= 4 is 0 Å². The Hall–Kier alpha value is -1.96. The van der Waals surface area contributed by atoms with E-state index in [-0.39, 0.29) is 0 Å². The minimum atomic E-state index is 0.306. The molecule has 184 valence electrons. The molecule has 0 bridgehead atoms. The predicted octanol–water partition coefficient (Wildman–Crippen LogP) is 9.72. The van der Waals surface area contributed by atoms with Crippen molar-refractivity contribution in [2.75, 3.05) is 0 Å². The number of aromatic hydroxyl groups is 2. The van der Waals surface area contributed by atoms with E-state index >= 15 is 0 Å². The summed E-state index contributed by atoms with van der Waals surface area (Å²) in [6.45, 7) is 6.21. The third-order valence-electron chi connectivity index (χ3n) is 7.09. The summed E-state index contributed by atoms with van der Waals surface area (Å²) < 4.78 is 0. The van der Waals surface area contributed by atoms with Gasteiger partial charge < -0.3 is 10.2 Å². The molecule has 2 N–H and O–H groups in total. The minimum absolute atomic E-state index is 0.306. The smallest absolute Gasteiger partial charge is 0.118 e. The van der Waals surface area contributed by atoms with Crippen LogP contribution in [0.25, 0.3) is 0 Å². The minimum Gasteiger partial charge on any atom is -0.508 e. The van der Waals surface area contributed by atoms with Gasteiger partial charge >= 0.3 is 0 Å². The molecule has 0 amide bonds. The summed E-state index contributed by atoms with van der Waals surface area (Å²) in [7, 11) is 0. The molecule has 2 aromatic rings. The molecule has 0 saturated heterocycles. The van der Waals surface area contributed by atoms with Gasteiger partial charge in [-0.3, -0.25) is 0 Å². The zero-order valence-corrected chi connectivity index (χ0v) is 21.5. The van der Waals surface area contributed by atoms with Crippen LogP contribution in [-0.4, -0.2) is 10.2 Å². The van der Waals surface area contributed by atoms with Crippen LogP contribution in [0.15, 0.2) is 36.4 Å². The number of phenols is 2. The second-order valence-corrected chi connectivity index (χ2v) is 10.0. The van der Waals surface area contributed by atoms with Crippen molar-refractivity contribution in [3.8, 4) is 11.5 Å². The molecule has 0 atom stereocenters. The van der Waals surface area contributed by atoms with Gasteiger partial charge in [-0.15, -0.1) is 0 Å². The van der Waals surface area contributed by atoms with Crippen molar-refractivity contribution in [1.29, 1.82) is 0 Å². The summed E-state index contributed by atoms with van der Waals surface area (Å²) in [5.41, 5.74) is 4.36. The highest BCUT2D eigenvalue weighted by atomic mass is 16.3. The average Bonchev–Trinajstić information content (AvgIpc) is 2.80. The molecule has 2 heteroatoms. The Morgan fingerprint density at radius 2 is 0.909 bits per heavy atom. The molecular weight excluding hydrogens is 404 g/mol. The largest absolute Gasteiger partial charge is 0.508 e. The van der Waals surface area contributed by atoms with Gasteiger partial charge in [0.05, 0.1) is 0 Å². The zero-order chi connectivity index (χ0) is 23.9. The maximum Gasteiger partial charge on any atom is 0.118 e. The monoisotopic (exact) mass is 452 g/mol. The van der Waals surface area contributed by atoms with E-state index in [9.17, 15) is 10.2 Å². The van der Waals surface area contributed by atoms with Gasteiger partial charge in [0.15, 0.2) is 0 Å². The molecule has 0 unspecified atom stereocenters. The molecule has 0 saturated carbocycles. The van der Waals surface area contributed by atoms with Gasteiger partial charge in [0.1, 0.15) is 11.5 Å². The third-order valence-corrected chi connectivity index (χ3v) is 7.09. The van der Waals surface area contributed by atoms with Crippen molar-refractivity contribution in [2.45, 2.75) is 123 Å². The molecule has 0 aliphatic carbocycles. The molecule has 2 aromatic carbocycles. The number of benzene rings is 2. The molecule has 0 radical (unpaired) electrons. The molecule has 0 heterocycles. The van der Waals surface area contributed by atoms with Crippen LogP contribution >= 0.6 is 0 Å². The zero-order valence-electron chi connectivity index (χ0n) is 21.5. The molecule has 33 heavy (non-hydrogen) atoms. The fraction of sp³-hybridized carbons (Fsp3) is 0.613. The van der Waals surface area contributed by atoms with Gasteiger partial charge in [-0.05, 0) is 54.7 Å². The maximum atomic E-state index is 9.95. The highest BCUT2D eigenvalue weighted by molar-refractivity contribution is 5.43. The van der Waals surface area contributed by atoms with Crippen molar-refractivity contribution in [3.05, 3.63) is 58.7 Å². The molecule has 0 aliphatic heterocycles. The Morgan fingerprint density at radius 3 is 1.27 bits per heavy atom. The van der Waals surface area contributed by atoms with Gasteiger partial charge in [0.25, 0.3) is 0 Å². The lowest BCUT2D eigenvalue weighted by Crippen LogP contribution is -2.02. The van der Waals surface area contributed by atoms with Crippen molar-refractivity contribution in [1.82, 2.24) is 0 Å². The summed E-state index contributed by atoms with van der Waals surface area (Å²) >= 11 is 0. The van der Waals surface area contributed by atoms with E-state index in [2.05, 4.69) is 31.2 Å². The van der Waals surface area contributed by atoms with E-state index in [1.807, 2.05) is 26.0 Å². The van der Waals surface area contributed by atoms with E-state index < -0.39 is 0 Å². The highest BCUT2D eigenvalue weighted by Gasteiger charge is 2.16. The van der Waals surface area contributed by atoms with Crippen LogP contribution in [0.2, 0.25) is 0 Å². The SMILES string of the molecule is CCCCCCCCCCCCCCCCC(c1ccc(O)c(C)c1)c1ccc(O)c(C)c1. The number of rotatable bonds is 17. The Balaban J connectivity index is 1.70. The Bertz CT molecular complexity index is 744. The molecule has 2 rings (SSSR count). The number of hydrogen-bond donors (Lipinski definition) is 2. The van der Waals surface area contributed by atoms with Crippen molar-refractivity contribution < 1.29 is 10.2 Å². The van der Waals surface area contributed by atoms with Crippen LogP contribution in [0.1, 0.15) is 131 Å². The number of unbranched alkanes of at least 4 members (excludes halogenated alkanes) is 13. The lowest BCUT2D eigenvalue weighted by atomic mass is 9.85. The number of hydrogen-bond acceptors (Lipinski definition) is 2. The van der Waals surface area contributed by atoms with Crippen LogP contribution in [0.3, 0.4) is 0 Å². The van der Waals surface area contributed by atoms with Gasteiger partial charge in [-0.1, -0.05) is 121 Å². The molecular formula is C31H48O2. The van der Waals surface area contributed by atoms with Gasteiger partial charge in [0.2, 0.25) is 0 Å². The molecule has 2 nitrogen and oxygen atoms in total. The van der Waals surface area contributed by atoms with Gasteiger partial charge in [0, 0.05) is 5.92 Å². The van der Waals surface area contributed by atoms with Crippen LogP contribution in [0.4, 0.5) is 0 Å². The Labute approximate surface area is 203 Å². The first-order chi connectivity index (χ1) is 16.0. The number of aryl methyl sites for hydroxylation is 2. The van der Waals surface area contributed by atoms with E-state index in [0.29, 0.717) is 17.4 Å². The van der Waals surface area contributed by atoms with E-state index in [1.165, 1.54) is 101 Å². The first-order valence-electron chi connectivity index (χ1n) is 13.6. The first kappa shape index (κ1) is 27.3. The van der Waals surface area contributed by atoms with Crippen LogP contribution in [-0.2, 0) is 0 Å². The maximum absolute atomic E-state index is 9.95. The van der Waals surface area contributed by atoms with E-state index in [4.69, 9.17) is 0 Å². The van der Waals surface area contributed by atoms with Gasteiger partial charge in [-0.25, -0.2) is 0 Å². The molecule has 0 aliphatic rings. The van der Waals surface area contributed by atoms with Crippen molar-refractivity contribution in [3.63, 3.8) is 0 Å². The predicted molar refractivity (Wildman–Crippen MR) is 142 cm³/mol. The lowest BCUT2D eigenvalue weighted by molar-refractivity contribution is 0.470. The molecule has 0 fully saturated rings. The van der Waals surface area contributed by atoms with E-state index in [1.54, 1.807) is 0 Å². The first-order valence-corrected chi connectivity index (χ1v) is 13.6.